The molecule has 0 aliphatic rings. The van der Waals surface area contributed by atoms with Crippen molar-refractivity contribution in [1.29, 1.82) is 0 Å². The van der Waals surface area contributed by atoms with E-state index < -0.39 is 0 Å². The Balaban J connectivity index is 2.69. The summed E-state index contributed by atoms with van der Waals surface area (Å²) in [6, 6.07) is 0. The van der Waals surface area contributed by atoms with Gasteiger partial charge in [0.05, 0.1) is 6.20 Å². The van der Waals surface area contributed by atoms with Crippen molar-refractivity contribution in [3.05, 3.63) is 22.3 Å². The van der Waals surface area contributed by atoms with Gasteiger partial charge in [-0.05, 0) is 10.5 Å². The van der Waals surface area contributed by atoms with E-state index in [1.807, 2.05) is 6.20 Å². The lowest BCUT2D eigenvalue weighted by molar-refractivity contribution is 1.05. The zero-order chi connectivity index (χ0) is 6.69. The lowest BCUT2D eigenvalue weighted by Crippen LogP contribution is -1.85. The molecular formula is C6H10N2S. The monoisotopic (exact) mass is 142 g/mol. The fourth-order valence-corrected chi connectivity index (χ4v) is 1.75. The number of aryl methyl sites for hydroxylation is 1. The average molecular weight is 142 g/mol. The summed E-state index contributed by atoms with van der Waals surface area (Å²) >= 11 is 0. The number of rotatable bonds is 2. The van der Waals surface area contributed by atoms with Crippen LogP contribution in [0.4, 0.5) is 0 Å². The highest BCUT2D eigenvalue weighted by Gasteiger charge is 2.04. The predicted molar refractivity (Wildman–Crippen MR) is 40.6 cm³/mol. The number of nitrogens with one attached hydrogen (secondary N) is 1. The van der Waals surface area contributed by atoms with E-state index in [1.54, 1.807) is 0 Å². The topological polar surface area (TPSA) is 36.7 Å². The van der Waals surface area contributed by atoms with Crippen LogP contribution in [0.15, 0.2) is 11.6 Å². The third kappa shape index (κ3) is 1.50. The zero-order valence-electron chi connectivity index (χ0n) is 5.42. The van der Waals surface area contributed by atoms with Crippen LogP contribution in [-0.2, 0) is 12.7 Å². The third-order valence-electron chi connectivity index (χ3n) is 1.19. The van der Waals surface area contributed by atoms with Crippen molar-refractivity contribution in [3.63, 3.8) is 0 Å². The molecule has 0 saturated heterocycles. The van der Waals surface area contributed by atoms with E-state index in [9.17, 15) is 0 Å². The second kappa shape index (κ2) is 2.94. The van der Waals surface area contributed by atoms with E-state index in [0.717, 1.165) is 6.42 Å². The molecule has 0 spiro atoms. The highest BCUT2D eigenvalue weighted by Crippen LogP contribution is 2.17. The van der Waals surface area contributed by atoms with E-state index >= 15 is 0 Å². The molecule has 1 heterocycles. The largest absolute Gasteiger partial charge is 0.677 e. The maximum Gasteiger partial charge on any atom is 0.239 e. The molecule has 1 aromatic rings. The normalized spacial score (nSPS) is 12.0. The Kier molecular flexibility index (Phi) is 2.19. The van der Waals surface area contributed by atoms with E-state index in [4.69, 9.17) is 5.73 Å². The summed E-state index contributed by atoms with van der Waals surface area (Å²) in [7, 11) is 0.239. The Morgan fingerprint density at radius 3 is 3.00 bits per heavy atom. The summed E-state index contributed by atoms with van der Waals surface area (Å²) in [6.45, 7) is 0.470. The van der Waals surface area contributed by atoms with Crippen LogP contribution in [-0.4, -0.2) is 11.5 Å². The van der Waals surface area contributed by atoms with Gasteiger partial charge in [0.15, 0.2) is 5.38 Å². The number of aromatic nitrogens is 1. The van der Waals surface area contributed by atoms with Crippen LogP contribution in [0.25, 0.3) is 5.73 Å². The fraction of sp³-hybridized carbons (Fsp3) is 0.500. The number of nitrogens with zero attached hydrogens (tertiary/aromatic N) is 1. The van der Waals surface area contributed by atoms with Crippen molar-refractivity contribution in [2.45, 2.75) is 6.42 Å². The summed E-state index contributed by atoms with van der Waals surface area (Å²) in [4.78, 5) is 4.13. The van der Waals surface area contributed by atoms with Crippen molar-refractivity contribution in [3.8, 4) is 0 Å². The molecule has 50 valence electrons. The maximum atomic E-state index is 6.95. The van der Waals surface area contributed by atoms with Crippen LogP contribution in [0.5, 0.6) is 0 Å². The number of thiazole rings is 1. The Morgan fingerprint density at radius 1 is 1.78 bits per heavy atom. The van der Waals surface area contributed by atoms with E-state index in [0.29, 0.717) is 6.54 Å². The van der Waals surface area contributed by atoms with Gasteiger partial charge < -0.3 is 5.73 Å². The van der Waals surface area contributed by atoms with Gasteiger partial charge in [-0.15, -0.1) is 6.54 Å². The molecule has 1 aromatic heterocycles. The van der Waals surface area contributed by atoms with Crippen molar-refractivity contribution >= 4 is 10.5 Å². The smallest absolute Gasteiger partial charge is 0.239 e. The van der Waals surface area contributed by atoms with Gasteiger partial charge in [-0.1, -0.05) is 0 Å². The van der Waals surface area contributed by atoms with Gasteiger partial charge in [0.25, 0.3) is 0 Å². The number of hydrogen-bond donors (Lipinski definition) is 0. The Bertz CT molecular complexity index is 183. The third-order valence-corrected chi connectivity index (χ3v) is 2.78. The van der Waals surface area contributed by atoms with Gasteiger partial charge in [0, 0.05) is 6.42 Å². The van der Waals surface area contributed by atoms with Gasteiger partial charge in [-0.2, -0.15) is 0 Å². The molecule has 2 nitrogen and oxygen atoms in total. The van der Waals surface area contributed by atoms with Crippen LogP contribution in [0.3, 0.4) is 0 Å². The average Bonchev–Trinajstić information content (AvgIpc) is 2.18. The van der Waals surface area contributed by atoms with Crippen LogP contribution in [0.2, 0.25) is 0 Å². The second-order valence-electron chi connectivity index (χ2n) is 1.87. The molecule has 0 aliphatic carbocycles. The van der Waals surface area contributed by atoms with Crippen molar-refractivity contribution in [1.82, 2.24) is 4.98 Å². The Hall–Kier alpha value is -0.410. The standard InChI is InChI=1S/C6H10N2S/c1-9-5-4-8-6(9)2-3-7/h4-5,7H,2-3H2,1H3. The van der Waals surface area contributed by atoms with Crippen LogP contribution in [0, 0.1) is 0 Å². The molecule has 0 bridgehead atoms. The van der Waals surface area contributed by atoms with Crippen molar-refractivity contribution in [2.24, 2.45) is 6.26 Å². The minimum absolute atomic E-state index is 0.239. The minimum atomic E-state index is 0.239. The summed E-state index contributed by atoms with van der Waals surface area (Å²) in [6.07, 6.45) is 4.82. The highest BCUT2D eigenvalue weighted by atomic mass is 32.2. The number of hydrogen-bond acceptors (Lipinski definition) is 1. The molecule has 0 aliphatic heterocycles. The highest BCUT2D eigenvalue weighted by molar-refractivity contribution is 7.27. The SMILES string of the molecule is C[s+]1ccnc1CC[NH-]. The first-order valence-corrected chi connectivity index (χ1v) is 4.57. The molecule has 1 atom stereocenters. The molecule has 0 radical (unpaired) electrons. The van der Waals surface area contributed by atoms with Gasteiger partial charge in [-0.3, -0.25) is 0 Å². The minimum Gasteiger partial charge on any atom is -0.677 e. The molecule has 1 N–H and O–H groups in total. The van der Waals surface area contributed by atoms with E-state index in [2.05, 4.69) is 16.6 Å². The Morgan fingerprint density at radius 2 is 2.56 bits per heavy atom. The summed E-state index contributed by atoms with van der Waals surface area (Å²) in [5, 5.41) is 3.27. The lowest BCUT2D eigenvalue weighted by Gasteiger charge is -1.91. The first-order chi connectivity index (χ1) is 4.34. The maximum absolute atomic E-state index is 6.95. The van der Waals surface area contributed by atoms with Crippen molar-refractivity contribution in [2.75, 3.05) is 6.54 Å². The van der Waals surface area contributed by atoms with E-state index in [-0.39, 0.29) is 10.5 Å². The second-order valence-corrected chi connectivity index (χ2v) is 3.72. The molecule has 9 heavy (non-hydrogen) atoms. The summed E-state index contributed by atoms with van der Waals surface area (Å²) in [5.74, 6) is 0. The van der Waals surface area contributed by atoms with Crippen molar-refractivity contribution < 1.29 is 0 Å². The van der Waals surface area contributed by atoms with Crippen LogP contribution < -0.4 is 0 Å². The summed E-state index contributed by atoms with van der Waals surface area (Å²) < 4.78 is 0. The van der Waals surface area contributed by atoms with E-state index in [1.165, 1.54) is 5.01 Å². The predicted octanol–water partition coefficient (Wildman–Crippen LogP) is 1.96. The molecule has 1 unspecified atom stereocenters. The van der Waals surface area contributed by atoms with Crippen LogP contribution >= 0.6 is 10.5 Å². The van der Waals surface area contributed by atoms with Gasteiger partial charge in [0.2, 0.25) is 5.01 Å². The van der Waals surface area contributed by atoms with Gasteiger partial charge >= 0.3 is 0 Å². The first-order valence-electron chi connectivity index (χ1n) is 2.87. The molecular weight excluding hydrogens is 132 g/mol. The lowest BCUT2D eigenvalue weighted by atomic mass is 10.5. The molecule has 0 saturated carbocycles. The van der Waals surface area contributed by atoms with Gasteiger partial charge in [0.1, 0.15) is 6.26 Å². The molecule has 0 aromatic carbocycles. The van der Waals surface area contributed by atoms with Crippen LogP contribution in [0.1, 0.15) is 5.01 Å². The molecule has 0 fully saturated rings. The molecule has 0 amide bonds. The van der Waals surface area contributed by atoms with Gasteiger partial charge in [-0.25, -0.2) is 4.98 Å². The fourth-order valence-electron chi connectivity index (χ4n) is 0.699. The zero-order valence-corrected chi connectivity index (χ0v) is 6.24. The Labute approximate surface area is 57.7 Å². The first kappa shape index (κ1) is 6.71. The molecule has 3 heteroatoms. The summed E-state index contributed by atoms with van der Waals surface area (Å²) in [5.41, 5.74) is 6.95. The molecule has 1 rings (SSSR count). The quantitative estimate of drug-likeness (QED) is 0.581.